The predicted molar refractivity (Wildman–Crippen MR) is 96.0 cm³/mol. The van der Waals surface area contributed by atoms with Crippen molar-refractivity contribution in [2.45, 2.75) is 19.4 Å². The van der Waals surface area contributed by atoms with E-state index in [1.54, 1.807) is 6.20 Å². The monoisotopic (exact) mass is 337 g/mol. The van der Waals surface area contributed by atoms with Crippen molar-refractivity contribution in [3.63, 3.8) is 0 Å². The van der Waals surface area contributed by atoms with Crippen LogP contribution in [-0.2, 0) is 11.3 Å². The minimum absolute atomic E-state index is 0.0204. The van der Waals surface area contributed by atoms with Crippen LogP contribution in [0.4, 0.5) is 4.79 Å². The van der Waals surface area contributed by atoms with Crippen LogP contribution in [0.1, 0.15) is 18.4 Å². The van der Waals surface area contributed by atoms with Gasteiger partial charge in [-0.15, -0.1) is 0 Å². The minimum Gasteiger partial charge on any atom is -0.381 e. The van der Waals surface area contributed by atoms with E-state index >= 15 is 0 Å². The van der Waals surface area contributed by atoms with Crippen LogP contribution in [-0.4, -0.2) is 42.2 Å². The molecule has 1 aromatic heterocycles. The van der Waals surface area contributed by atoms with Gasteiger partial charge in [-0.25, -0.2) is 4.79 Å². The van der Waals surface area contributed by atoms with Crippen LogP contribution in [0.15, 0.2) is 48.7 Å². The zero-order chi connectivity index (χ0) is 17.1. The molecule has 25 heavy (non-hydrogen) atoms. The van der Waals surface area contributed by atoms with Crippen LogP contribution in [0, 0.1) is 5.41 Å². The molecule has 0 radical (unpaired) electrons. The van der Waals surface area contributed by atoms with Crippen molar-refractivity contribution in [3.05, 3.63) is 54.2 Å². The topological polar surface area (TPSA) is 54.5 Å². The van der Waals surface area contributed by atoms with Gasteiger partial charge in [0, 0.05) is 43.4 Å². The molecule has 5 nitrogen and oxygen atoms in total. The lowest BCUT2D eigenvalue weighted by atomic mass is 9.87. The summed E-state index contributed by atoms with van der Waals surface area (Å²) in [6, 6.07) is 14.1. The second kappa shape index (κ2) is 6.84. The molecule has 5 heteroatoms. The maximum Gasteiger partial charge on any atom is 0.317 e. The normalized spacial score (nSPS) is 22.5. The van der Waals surface area contributed by atoms with Crippen molar-refractivity contribution in [3.8, 4) is 11.3 Å². The molecule has 1 spiro atoms. The number of rotatable bonds is 3. The van der Waals surface area contributed by atoms with Gasteiger partial charge in [-0.3, -0.25) is 4.98 Å². The van der Waals surface area contributed by atoms with E-state index in [9.17, 15) is 4.79 Å². The molecule has 2 aromatic rings. The maximum absolute atomic E-state index is 12.5. The molecule has 1 aromatic carbocycles. The van der Waals surface area contributed by atoms with E-state index in [0.29, 0.717) is 6.54 Å². The second-order valence-electron chi connectivity index (χ2n) is 7.05. The van der Waals surface area contributed by atoms with Crippen molar-refractivity contribution in [2.24, 2.45) is 5.41 Å². The molecule has 2 fully saturated rings. The van der Waals surface area contributed by atoms with Crippen molar-refractivity contribution in [1.82, 2.24) is 15.2 Å². The first-order valence-corrected chi connectivity index (χ1v) is 8.85. The van der Waals surface area contributed by atoms with Gasteiger partial charge in [0.2, 0.25) is 0 Å². The molecule has 2 aliphatic rings. The SMILES string of the molecule is O=C(NCc1cccc(-c2ccccn2)c1)N1CC[C@@]2(CCOC2)C1. The lowest BCUT2D eigenvalue weighted by Crippen LogP contribution is -2.39. The minimum atomic E-state index is 0.0204. The van der Waals surface area contributed by atoms with Crippen LogP contribution >= 0.6 is 0 Å². The summed E-state index contributed by atoms with van der Waals surface area (Å²) in [7, 11) is 0. The Balaban J connectivity index is 1.36. The standard InChI is InChI=1S/C20H23N3O2/c24-19(23-10-7-20(14-23)8-11-25-15-20)22-13-16-4-3-5-17(12-16)18-6-1-2-9-21-18/h1-6,9,12H,7-8,10-11,13-15H2,(H,22,24)/t20-/m1/s1. The van der Waals surface area contributed by atoms with E-state index in [1.807, 2.05) is 41.3 Å². The third-order valence-corrected chi connectivity index (χ3v) is 5.24. The fourth-order valence-electron chi connectivity index (χ4n) is 3.74. The van der Waals surface area contributed by atoms with Crippen LogP contribution in [0.2, 0.25) is 0 Å². The van der Waals surface area contributed by atoms with Crippen molar-refractivity contribution in [1.29, 1.82) is 0 Å². The number of nitrogens with one attached hydrogen (secondary N) is 1. The predicted octanol–water partition coefficient (Wildman–Crippen LogP) is 3.07. The zero-order valence-corrected chi connectivity index (χ0v) is 14.3. The molecule has 0 bridgehead atoms. The number of aromatic nitrogens is 1. The number of carbonyl (C=O) groups is 1. The Bertz CT molecular complexity index is 742. The van der Waals surface area contributed by atoms with Crippen LogP contribution in [0.5, 0.6) is 0 Å². The lowest BCUT2D eigenvalue weighted by molar-refractivity contribution is 0.152. The van der Waals surface area contributed by atoms with E-state index < -0.39 is 0 Å². The van der Waals surface area contributed by atoms with Crippen LogP contribution in [0.25, 0.3) is 11.3 Å². The maximum atomic E-state index is 12.5. The van der Waals surface area contributed by atoms with Gasteiger partial charge in [-0.1, -0.05) is 24.3 Å². The number of hydrogen-bond donors (Lipinski definition) is 1. The Morgan fingerprint density at radius 1 is 1.24 bits per heavy atom. The van der Waals surface area contributed by atoms with Crippen molar-refractivity contribution >= 4 is 6.03 Å². The van der Waals surface area contributed by atoms with Gasteiger partial charge in [0.15, 0.2) is 0 Å². The number of ether oxygens (including phenoxy) is 1. The average molecular weight is 337 g/mol. The first kappa shape index (κ1) is 16.1. The highest BCUT2D eigenvalue weighted by Crippen LogP contribution is 2.38. The molecule has 3 heterocycles. The number of likely N-dealkylation sites (tertiary alicyclic amines) is 1. The van der Waals surface area contributed by atoms with E-state index in [0.717, 1.165) is 56.0 Å². The van der Waals surface area contributed by atoms with Gasteiger partial charge in [0.1, 0.15) is 0 Å². The molecule has 4 rings (SSSR count). The fourth-order valence-corrected chi connectivity index (χ4v) is 3.74. The molecule has 2 amide bonds. The zero-order valence-electron chi connectivity index (χ0n) is 14.3. The summed E-state index contributed by atoms with van der Waals surface area (Å²) >= 11 is 0. The van der Waals surface area contributed by atoms with E-state index in [1.165, 1.54) is 0 Å². The number of urea groups is 1. The Morgan fingerprint density at radius 3 is 3.00 bits per heavy atom. The van der Waals surface area contributed by atoms with Gasteiger partial charge >= 0.3 is 6.03 Å². The lowest BCUT2D eigenvalue weighted by Gasteiger charge is -2.22. The van der Waals surface area contributed by atoms with Gasteiger partial charge in [-0.05, 0) is 36.6 Å². The third-order valence-electron chi connectivity index (χ3n) is 5.24. The summed E-state index contributed by atoms with van der Waals surface area (Å²) in [5, 5.41) is 3.05. The van der Waals surface area contributed by atoms with E-state index in [2.05, 4.69) is 16.4 Å². The van der Waals surface area contributed by atoms with E-state index in [4.69, 9.17) is 4.74 Å². The van der Waals surface area contributed by atoms with Crippen LogP contribution in [0.3, 0.4) is 0 Å². The number of hydrogen-bond acceptors (Lipinski definition) is 3. The van der Waals surface area contributed by atoms with E-state index in [-0.39, 0.29) is 11.4 Å². The Hall–Kier alpha value is -2.40. The average Bonchev–Trinajstić information content (AvgIpc) is 3.31. The third kappa shape index (κ3) is 3.51. The quantitative estimate of drug-likeness (QED) is 0.936. The molecule has 0 unspecified atom stereocenters. The smallest absolute Gasteiger partial charge is 0.317 e. The molecule has 2 saturated heterocycles. The number of benzene rings is 1. The van der Waals surface area contributed by atoms with Gasteiger partial charge in [0.25, 0.3) is 0 Å². The highest BCUT2D eigenvalue weighted by atomic mass is 16.5. The summed E-state index contributed by atoms with van der Waals surface area (Å²) in [6.07, 6.45) is 3.91. The number of amides is 2. The summed E-state index contributed by atoms with van der Waals surface area (Å²) in [6.45, 7) is 3.79. The highest BCUT2D eigenvalue weighted by molar-refractivity contribution is 5.74. The first-order chi connectivity index (χ1) is 12.2. The van der Waals surface area contributed by atoms with Gasteiger partial charge < -0.3 is 15.0 Å². The molecule has 1 N–H and O–H groups in total. The first-order valence-electron chi connectivity index (χ1n) is 8.85. The molecule has 0 aliphatic carbocycles. The second-order valence-corrected chi connectivity index (χ2v) is 7.05. The number of nitrogens with zero attached hydrogens (tertiary/aromatic N) is 2. The molecule has 1 atom stereocenters. The van der Waals surface area contributed by atoms with Crippen molar-refractivity contribution < 1.29 is 9.53 Å². The summed E-state index contributed by atoms with van der Waals surface area (Å²) in [5.74, 6) is 0. The molecule has 0 saturated carbocycles. The molecular weight excluding hydrogens is 314 g/mol. The fraction of sp³-hybridized carbons (Fsp3) is 0.400. The van der Waals surface area contributed by atoms with Gasteiger partial charge in [0.05, 0.1) is 12.3 Å². The summed E-state index contributed by atoms with van der Waals surface area (Å²) < 4.78 is 5.53. The number of carbonyl (C=O) groups excluding carboxylic acids is 1. The largest absolute Gasteiger partial charge is 0.381 e. The molecule has 2 aliphatic heterocycles. The molecule has 130 valence electrons. The highest BCUT2D eigenvalue weighted by Gasteiger charge is 2.42. The Kier molecular flexibility index (Phi) is 4.40. The van der Waals surface area contributed by atoms with Crippen molar-refractivity contribution in [2.75, 3.05) is 26.3 Å². The van der Waals surface area contributed by atoms with Gasteiger partial charge in [-0.2, -0.15) is 0 Å². The molecular formula is C20H23N3O2. The number of pyridine rings is 1. The van der Waals surface area contributed by atoms with Crippen LogP contribution < -0.4 is 5.32 Å². The Morgan fingerprint density at radius 2 is 2.20 bits per heavy atom. The summed E-state index contributed by atoms with van der Waals surface area (Å²) in [4.78, 5) is 18.8. The Labute approximate surface area is 148 Å². The summed E-state index contributed by atoms with van der Waals surface area (Å²) in [5.41, 5.74) is 3.29.